The molecule has 0 bridgehead atoms. The Balaban J connectivity index is 2.45. The van der Waals surface area contributed by atoms with Crippen LogP contribution in [-0.2, 0) is 0 Å². The molecule has 0 spiro atoms. The van der Waals surface area contributed by atoms with Crippen LogP contribution in [0.1, 0.15) is 5.56 Å². The molecular weight excluding hydrogens is 403 g/mol. The Morgan fingerprint density at radius 1 is 0.840 bits per heavy atom. The van der Waals surface area contributed by atoms with Gasteiger partial charge in [0.15, 0.2) is 5.75 Å². The van der Waals surface area contributed by atoms with Crippen LogP contribution in [0.15, 0.2) is 34.1 Å². The number of nitrogens with two attached hydrogens (primary N) is 2. The fraction of sp³-hybridized carbons (Fsp3) is 0.294. The van der Waals surface area contributed by atoms with Crippen molar-refractivity contribution in [1.29, 1.82) is 0 Å². The minimum atomic E-state index is 0.347. The van der Waals surface area contributed by atoms with Gasteiger partial charge in [-0.2, -0.15) is 0 Å². The maximum Gasteiger partial charge on any atom is 0.151 e. The second-order valence-electron chi connectivity index (χ2n) is 5.14. The van der Waals surface area contributed by atoms with Gasteiger partial charge in [0.2, 0.25) is 0 Å². The highest BCUT2D eigenvalue weighted by Gasteiger charge is 2.16. The Labute approximate surface area is 166 Å². The van der Waals surface area contributed by atoms with E-state index in [4.69, 9.17) is 55.7 Å². The van der Waals surface area contributed by atoms with Crippen LogP contribution in [0.3, 0.4) is 0 Å². The second kappa shape index (κ2) is 9.76. The number of hydrogen-bond donors (Lipinski definition) is 2. The number of benzene rings is 2. The molecule has 0 aliphatic heterocycles. The van der Waals surface area contributed by atoms with E-state index in [0.29, 0.717) is 47.1 Å². The number of hydrogen-bond acceptors (Lipinski definition) is 5. The molecule has 0 radical (unpaired) electrons. The van der Waals surface area contributed by atoms with Gasteiger partial charge in [0.25, 0.3) is 0 Å². The van der Waals surface area contributed by atoms with Crippen molar-refractivity contribution >= 4 is 46.6 Å². The molecule has 0 saturated carbocycles. The summed E-state index contributed by atoms with van der Waals surface area (Å²) in [5.74, 6) is 1.25. The highest BCUT2D eigenvalue weighted by Crippen LogP contribution is 2.45. The van der Waals surface area contributed by atoms with Gasteiger partial charge in [-0.3, -0.25) is 0 Å². The maximum atomic E-state index is 6.29. The third kappa shape index (κ3) is 5.58. The van der Waals surface area contributed by atoms with Crippen LogP contribution in [0.5, 0.6) is 11.5 Å². The van der Waals surface area contributed by atoms with Crippen LogP contribution in [0.25, 0.3) is 0 Å². The molecule has 0 saturated heterocycles. The molecule has 4 nitrogen and oxygen atoms in total. The molecule has 0 amide bonds. The van der Waals surface area contributed by atoms with Gasteiger partial charge >= 0.3 is 0 Å². The lowest BCUT2D eigenvalue weighted by Crippen LogP contribution is -2.12. The SMILES string of the molecule is Cc1cc(Cl)cc(Sc2cc(Cl)cc(Cl)c2OCCN)c1OCCN. The van der Waals surface area contributed by atoms with E-state index >= 15 is 0 Å². The smallest absolute Gasteiger partial charge is 0.151 e. The Kier molecular flexibility index (Phi) is 8.00. The zero-order valence-electron chi connectivity index (χ0n) is 13.7. The van der Waals surface area contributed by atoms with Crippen LogP contribution in [-0.4, -0.2) is 26.3 Å². The van der Waals surface area contributed by atoms with Gasteiger partial charge < -0.3 is 20.9 Å². The topological polar surface area (TPSA) is 70.5 Å². The molecular formula is C17H19Cl3N2O2S. The van der Waals surface area contributed by atoms with Crippen LogP contribution in [0.2, 0.25) is 15.1 Å². The zero-order chi connectivity index (χ0) is 18.4. The van der Waals surface area contributed by atoms with Crippen molar-refractivity contribution in [2.45, 2.75) is 16.7 Å². The van der Waals surface area contributed by atoms with E-state index in [1.165, 1.54) is 11.8 Å². The first kappa shape index (κ1) is 20.5. The molecule has 4 N–H and O–H groups in total. The number of rotatable bonds is 8. The van der Waals surface area contributed by atoms with Gasteiger partial charge in [-0.05, 0) is 36.8 Å². The molecule has 0 atom stereocenters. The van der Waals surface area contributed by atoms with Crippen LogP contribution >= 0.6 is 46.6 Å². The molecule has 25 heavy (non-hydrogen) atoms. The van der Waals surface area contributed by atoms with Crippen molar-refractivity contribution in [1.82, 2.24) is 0 Å². The fourth-order valence-corrected chi connectivity index (χ4v) is 4.34. The summed E-state index contributed by atoms with van der Waals surface area (Å²) >= 11 is 20.1. The predicted molar refractivity (Wildman–Crippen MR) is 106 cm³/mol. The first-order valence-corrected chi connectivity index (χ1v) is 9.54. The van der Waals surface area contributed by atoms with Gasteiger partial charge in [0.1, 0.15) is 19.0 Å². The fourth-order valence-electron chi connectivity index (χ4n) is 2.15. The van der Waals surface area contributed by atoms with E-state index in [9.17, 15) is 0 Å². The van der Waals surface area contributed by atoms with E-state index in [0.717, 1.165) is 21.1 Å². The standard InChI is InChI=1S/C17H19Cl3N2O2S/c1-10-6-11(18)8-14(16(10)23-4-2-21)25-15-9-12(19)7-13(20)17(15)24-5-3-22/h6-9H,2-5,21-22H2,1H3. The van der Waals surface area contributed by atoms with E-state index in [1.807, 2.05) is 19.1 Å². The zero-order valence-corrected chi connectivity index (χ0v) is 16.7. The van der Waals surface area contributed by atoms with Crippen LogP contribution < -0.4 is 20.9 Å². The lowest BCUT2D eigenvalue weighted by atomic mass is 10.2. The van der Waals surface area contributed by atoms with Gasteiger partial charge in [-0.1, -0.05) is 46.6 Å². The average Bonchev–Trinajstić information content (AvgIpc) is 2.53. The van der Waals surface area contributed by atoms with Gasteiger partial charge in [0, 0.05) is 23.1 Å². The summed E-state index contributed by atoms with van der Waals surface area (Å²) in [6.45, 7) is 3.48. The highest BCUT2D eigenvalue weighted by atomic mass is 35.5. The normalized spacial score (nSPS) is 10.8. The molecule has 0 aliphatic carbocycles. The predicted octanol–water partition coefficient (Wildman–Crippen LogP) is 4.78. The molecule has 0 heterocycles. The molecule has 2 aromatic rings. The van der Waals surface area contributed by atoms with Crippen molar-refractivity contribution in [2.75, 3.05) is 26.3 Å². The third-order valence-electron chi connectivity index (χ3n) is 3.13. The maximum absolute atomic E-state index is 6.29. The molecule has 136 valence electrons. The molecule has 0 aromatic heterocycles. The first-order chi connectivity index (χ1) is 12.0. The Morgan fingerprint density at radius 2 is 1.36 bits per heavy atom. The summed E-state index contributed by atoms with van der Waals surface area (Å²) in [5.41, 5.74) is 12.0. The monoisotopic (exact) mass is 420 g/mol. The minimum absolute atomic E-state index is 0.347. The Bertz CT molecular complexity index is 683. The van der Waals surface area contributed by atoms with Crippen molar-refractivity contribution < 1.29 is 9.47 Å². The Hall–Kier alpha value is -0.820. The molecule has 2 rings (SSSR count). The lowest BCUT2D eigenvalue weighted by molar-refractivity contribution is 0.317. The average molecular weight is 422 g/mol. The van der Waals surface area contributed by atoms with Crippen molar-refractivity contribution in [3.05, 3.63) is 44.9 Å². The Morgan fingerprint density at radius 3 is 1.96 bits per heavy atom. The summed E-state index contributed by atoms with van der Waals surface area (Å²) in [7, 11) is 0. The van der Waals surface area contributed by atoms with Gasteiger partial charge in [0.05, 0.1) is 14.8 Å². The second-order valence-corrected chi connectivity index (χ2v) is 7.51. The van der Waals surface area contributed by atoms with E-state index in [2.05, 4.69) is 0 Å². The molecule has 8 heteroatoms. The van der Waals surface area contributed by atoms with E-state index < -0.39 is 0 Å². The lowest BCUT2D eigenvalue weighted by Gasteiger charge is -2.17. The van der Waals surface area contributed by atoms with Gasteiger partial charge in [-0.25, -0.2) is 0 Å². The van der Waals surface area contributed by atoms with Crippen molar-refractivity contribution in [3.63, 3.8) is 0 Å². The molecule has 0 unspecified atom stereocenters. The minimum Gasteiger partial charge on any atom is -0.491 e. The van der Waals surface area contributed by atoms with Gasteiger partial charge in [-0.15, -0.1) is 0 Å². The molecule has 0 aliphatic rings. The quantitative estimate of drug-likeness (QED) is 0.642. The summed E-state index contributed by atoms with van der Waals surface area (Å²) in [6, 6.07) is 7.09. The largest absolute Gasteiger partial charge is 0.491 e. The first-order valence-electron chi connectivity index (χ1n) is 7.59. The van der Waals surface area contributed by atoms with E-state index in [-0.39, 0.29) is 0 Å². The number of aryl methyl sites for hydroxylation is 1. The number of ether oxygens (including phenoxy) is 2. The van der Waals surface area contributed by atoms with Crippen molar-refractivity contribution in [2.24, 2.45) is 11.5 Å². The van der Waals surface area contributed by atoms with Crippen LogP contribution in [0, 0.1) is 6.92 Å². The molecule has 0 fully saturated rings. The van der Waals surface area contributed by atoms with Crippen molar-refractivity contribution in [3.8, 4) is 11.5 Å². The summed E-state index contributed by atoms with van der Waals surface area (Å²) < 4.78 is 11.5. The summed E-state index contributed by atoms with van der Waals surface area (Å²) in [5, 5.41) is 1.54. The summed E-state index contributed by atoms with van der Waals surface area (Å²) in [4.78, 5) is 1.58. The van der Waals surface area contributed by atoms with E-state index in [1.54, 1.807) is 12.1 Å². The highest BCUT2D eigenvalue weighted by molar-refractivity contribution is 7.99. The third-order valence-corrected chi connectivity index (χ3v) is 4.89. The van der Waals surface area contributed by atoms with Crippen LogP contribution in [0.4, 0.5) is 0 Å². The number of halogens is 3. The molecule has 2 aromatic carbocycles. The summed E-state index contributed by atoms with van der Waals surface area (Å²) in [6.07, 6.45) is 0.